The summed E-state index contributed by atoms with van der Waals surface area (Å²) in [6.07, 6.45) is 0.117. The molecule has 9 heteroatoms. The van der Waals surface area contributed by atoms with Gasteiger partial charge in [-0.25, -0.2) is 4.68 Å². The van der Waals surface area contributed by atoms with Crippen LogP contribution in [-0.2, 0) is 16.1 Å². The van der Waals surface area contributed by atoms with Gasteiger partial charge < -0.3 is 14.6 Å². The number of amides is 2. The normalized spacial score (nSPS) is 15.0. The lowest BCUT2D eigenvalue weighted by atomic mass is 10.3. The fraction of sp³-hybridized carbons (Fsp3) is 0.412. The number of piperazine rings is 1. The molecular formula is C17H19N5O4. The maximum Gasteiger partial charge on any atom is 0.291 e. The molecule has 9 nitrogen and oxygen atoms in total. The Morgan fingerprint density at radius 1 is 1.27 bits per heavy atom. The van der Waals surface area contributed by atoms with Crippen LogP contribution in [0.25, 0.3) is 16.6 Å². The molecule has 0 unspecified atom stereocenters. The van der Waals surface area contributed by atoms with E-state index >= 15 is 0 Å². The van der Waals surface area contributed by atoms with Gasteiger partial charge >= 0.3 is 0 Å². The highest BCUT2D eigenvalue weighted by atomic mass is 16.3. The van der Waals surface area contributed by atoms with Gasteiger partial charge in [0.05, 0.1) is 18.6 Å². The molecule has 1 saturated heterocycles. The Labute approximate surface area is 148 Å². The number of carbonyl (C=O) groups is 2. The summed E-state index contributed by atoms with van der Waals surface area (Å²) in [6.45, 7) is 4.83. The van der Waals surface area contributed by atoms with Crippen LogP contribution < -0.4 is 10.9 Å². The topological polar surface area (TPSA) is 102 Å². The predicted molar refractivity (Wildman–Crippen MR) is 92.9 cm³/mol. The summed E-state index contributed by atoms with van der Waals surface area (Å²) in [6, 6.07) is 3.57. The molecule has 1 aliphatic heterocycles. The van der Waals surface area contributed by atoms with Crippen molar-refractivity contribution in [2.45, 2.75) is 26.8 Å². The molecule has 3 aromatic heterocycles. The number of rotatable bonds is 3. The highest BCUT2D eigenvalue weighted by Gasteiger charge is 2.21. The zero-order valence-corrected chi connectivity index (χ0v) is 14.6. The predicted octanol–water partition coefficient (Wildman–Crippen LogP) is 0.208. The van der Waals surface area contributed by atoms with E-state index in [1.165, 1.54) is 9.58 Å². The Morgan fingerprint density at radius 2 is 2.08 bits per heavy atom. The van der Waals surface area contributed by atoms with E-state index in [1.807, 2.05) is 19.9 Å². The molecule has 1 fully saturated rings. The monoisotopic (exact) mass is 357 g/mol. The Kier molecular flexibility index (Phi) is 3.78. The zero-order valence-electron chi connectivity index (χ0n) is 14.6. The third kappa shape index (κ3) is 2.65. The number of aromatic nitrogens is 3. The molecule has 26 heavy (non-hydrogen) atoms. The fourth-order valence-electron chi connectivity index (χ4n) is 3.38. The molecule has 1 aliphatic rings. The van der Waals surface area contributed by atoms with E-state index in [4.69, 9.17) is 4.42 Å². The summed E-state index contributed by atoms with van der Waals surface area (Å²) in [5, 5.41) is 7.02. The molecule has 0 saturated carbocycles. The van der Waals surface area contributed by atoms with Crippen LogP contribution in [0.5, 0.6) is 0 Å². The number of hydrogen-bond acceptors (Lipinski definition) is 5. The van der Waals surface area contributed by atoms with Crippen LogP contribution in [0.2, 0.25) is 0 Å². The Bertz CT molecular complexity index is 1090. The Morgan fingerprint density at radius 3 is 2.85 bits per heavy atom. The smallest absolute Gasteiger partial charge is 0.291 e. The maximum atomic E-state index is 12.7. The first-order valence-corrected chi connectivity index (χ1v) is 8.48. The molecule has 4 heterocycles. The zero-order chi connectivity index (χ0) is 18.4. The molecule has 3 aromatic rings. The van der Waals surface area contributed by atoms with Gasteiger partial charge in [0.15, 0.2) is 5.58 Å². The second kappa shape index (κ2) is 6.01. The van der Waals surface area contributed by atoms with Crippen molar-refractivity contribution in [3.8, 4) is 0 Å². The van der Waals surface area contributed by atoms with Crippen molar-refractivity contribution in [2.75, 3.05) is 19.6 Å². The Balaban J connectivity index is 1.61. The lowest BCUT2D eigenvalue weighted by Gasteiger charge is -2.26. The average molecular weight is 357 g/mol. The van der Waals surface area contributed by atoms with Gasteiger partial charge in [-0.15, -0.1) is 0 Å². The largest absolute Gasteiger partial charge is 0.460 e. The second-order valence-corrected chi connectivity index (χ2v) is 6.46. The van der Waals surface area contributed by atoms with Crippen molar-refractivity contribution in [3.05, 3.63) is 34.1 Å². The lowest BCUT2D eigenvalue weighted by Crippen LogP contribution is -2.50. The lowest BCUT2D eigenvalue weighted by molar-refractivity contribution is -0.138. The second-order valence-electron chi connectivity index (χ2n) is 6.46. The third-order valence-corrected chi connectivity index (χ3v) is 4.58. The molecule has 0 aliphatic carbocycles. The van der Waals surface area contributed by atoms with E-state index in [-0.39, 0.29) is 36.9 Å². The first-order chi connectivity index (χ1) is 12.4. The maximum absolute atomic E-state index is 12.7. The molecule has 1 N–H and O–H groups in total. The van der Waals surface area contributed by atoms with E-state index in [0.717, 1.165) is 11.3 Å². The van der Waals surface area contributed by atoms with Crippen LogP contribution in [0.15, 0.2) is 21.3 Å². The van der Waals surface area contributed by atoms with E-state index in [0.29, 0.717) is 30.0 Å². The number of nitrogens with one attached hydrogen (secondary N) is 1. The minimum Gasteiger partial charge on any atom is -0.460 e. The number of aryl methyl sites for hydroxylation is 3. The number of carbonyl (C=O) groups excluding carboxylic acids is 2. The van der Waals surface area contributed by atoms with Gasteiger partial charge in [0.25, 0.3) is 5.56 Å². The van der Waals surface area contributed by atoms with Crippen molar-refractivity contribution in [3.63, 3.8) is 0 Å². The SMILES string of the molecule is Cc1cc2c(cc3c(=O)n(CCC(=O)N4CCNC(=O)C4)nc(C)n32)o1. The van der Waals surface area contributed by atoms with E-state index in [9.17, 15) is 14.4 Å². The summed E-state index contributed by atoms with van der Waals surface area (Å²) >= 11 is 0. The number of fused-ring (bicyclic) bond motifs is 3. The van der Waals surface area contributed by atoms with Crippen molar-refractivity contribution in [1.29, 1.82) is 0 Å². The average Bonchev–Trinajstić information content (AvgIpc) is 3.12. The van der Waals surface area contributed by atoms with Crippen LogP contribution >= 0.6 is 0 Å². The summed E-state index contributed by atoms with van der Waals surface area (Å²) < 4.78 is 8.66. The number of hydrogen-bond donors (Lipinski definition) is 1. The molecule has 136 valence electrons. The van der Waals surface area contributed by atoms with Crippen molar-refractivity contribution in [2.24, 2.45) is 0 Å². The molecule has 0 spiro atoms. The van der Waals surface area contributed by atoms with E-state index < -0.39 is 0 Å². The fourth-order valence-corrected chi connectivity index (χ4v) is 3.38. The third-order valence-electron chi connectivity index (χ3n) is 4.58. The first kappa shape index (κ1) is 16.4. The van der Waals surface area contributed by atoms with E-state index in [1.54, 1.807) is 10.5 Å². The van der Waals surface area contributed by atoms with Gasteiger partial charge in [-0.05, 0) is 13.8 Å². The summed E-state index contributed by atoms with van der Waals surface area (Å²) in [5.74, 6) is 1.08. The molecule has 0 bridgehead atoms. The van der Waals surface area contributed by atoms with Crippen LogP contribution in [0.1, 0.15) is 18.0 Å². The van der Waals surface area contributed by atoms with Gasteiger partial charge in [0, 0.05) is 31.6 Å². The van der Waals surface area contributed by atoms with Gasteiger partial charge in [-0.3, -0.25) is 18.8 Å². The number of nitrogens with zero attached hydrogens (tertiary/aromatic N) is 4. The van der Waals surface area contributed by atoms with Gasteiger partial charge in [0.2, 0.25) is 11.8 Å². The first-order valence-electron chi connectivity index (χ1n) is 8.48. The molecule has 0 atom stereocenters. The van der Waals surface area contributed by atoms with Crippen LogP contribution in [0.3, 0.4) is 0 Å². The van der Waals surface area contributed by atoms with Crippen LogP contribution in [0, 0.1) is 13.8 Å². The molecule has 4 rings (SSSR count). The van der Waals surface area contributed by atoms with E-state index in [2.05, 4.69) is 10.4 Å². The van der Waals surface area contributed by atoms with Crippen molar-refractivity contribution >= 4 is 28.4 Å². The quantitative estimate of drug-likeness (QED) is 0.722. The summed E-state index contributed by atoms with van der Waals surface area (Å²) in [4.78, 5) is 37.9. The van der Waals surface area contributed by atoms with Crippen LogP contribution in [0.4, 0.5) is 0 Å². The standard InChI is InChI=1S/C17H19N5O4/c1-10-7-12-14(26-10)8-13-17(25)21(19-11(2)22(12)13)5-3-16(24)20-6-4-18-15(23)9-20/h7-8H,3-6,9H2,1-2H3,(H,18,23). The van der Waals surface area contributed by atoms with Crippen LogP contribution in [-0.4, -0.2) is 50.5 Å². The molecule has 2 amide bonds. The summed E-state index contributed by atoms with van der Waals surface area (Å²) in [7, 11) is 0. The Hall–Kier alpha value is -3.10. The van der Waals surface area contributed by atoms with Crippen molar-refractivity contribution in [1.82, 2.24) is 24.4 Å². The highest BCUT2D eigenvalue weighted by molar-refractivity contribution is 5.86. The molecule has 0 aromatic carbocycles. The van der Waals surface area contributed by atoms with Gasteiger partial charge in [0.1, 0.15) is 17.1 Å². The van der Waals surface area contributed by atoms with Crippen molar-refractivity contribution < 1.29 is 14.0 Å². The molecule has 0 radical (unpaired) electrons. The minimum atomic E-state index is -0.274. The summed E-state index contributed by atoms with van der Waals surface area (Å²) in [5.41, 5.74) is 1.64. The highest BCUT2D eigenvalue weighted by Crippen LogP contribution is 2.22. The minimum absolute atomic E-state index is 0.0632. The van der Waals surface area contributed by atoms with Gasteiger partial charge in [-0.1, -0.05) is 0 Å². The molecular weight excluding hydrogens is 338 g/mol. The van der Waals surface area contributed by atoms with Gasteiger partial charge in [-0.2, -0.15) is 5.10 Å². The number of furan rings is 1.